The van der Waals surface area contributed by atoms with Gasteiger partial charge in [-0.3, -0.25) is 0 Å². The zero-order chi connectivity index (χ0) is 20.8. The molecule has 0 heterocycles. The molecule has 0 fully saturated rings. The minimum Gasteiger partial charge on any atom is -0.0581 e. The second kappa shape index (κ2) is 6.18. The molecule has 0 aliphatic rings. The van der Waals surface area contributed by atoms with Gasteiger partial charge in [0.1, 0.15) is 0 Å². The Hall–Kier alpha value is -1.64. The van der Waals surface area contributed by atoms with Crippen molar-refractivity contribution in [1.29, 1.82) is 0 Å². The van der Waals surface area contributed by atoms with Gasteiger partial charge in [-0.25, -0.2) is 0 Å². The average Bonchev–Trinajstić information content (AvgIpc) is 2.62. The standard InChI is InChI=1S/C27H24Br2/c1-13-7-8-16-23-17(9-10-18(22(13)23)27(4,5)6)25-20(29)12-15(3)21-14(2)11-19(28)24(16)26(21)25/h7-12H,1-6H3. The lowest BCUT2D eigenvalue weighted by molar-refractivity contribution is 0.596. The molecule has 0 radical (unpaired) electrons. The monoisotopic (exact) mass is 506 g/mol. The predicted molar refractivity (Wildman–Crippen MR) is 136 cm³/mol. The molecule has 2 heteroatoms. The molecular formula is C27H24Br2. The fourth-order valence-electron chi connectivity index (χ4n) is 5.22. The highest BCUT2D eigenvalue weighted by Gasteiger charge is 2.24. The van der Waals surface area contributed by atoms with E-state index in [4.69, 9.17) is 0 Å². The molecule has 0 aliphatic heterocycles. The number of aryl methyl sites for hydroxylation is 3. The Morgan fingerprint density at radius 3 is 1.59 bits per heavy atom. The van der Waals surface area contributed by atoms with Crippen molar-refractivity contribution in [3.8, 4) is 0 Å². The number of hydrogen-bond donors (Lipinski definition) is 0. The molecular weight excluding hydrogens is 484 g/mol. The van der Waals surface area contributed by atoms with Gasteiger partial charge in [-0.05, 0) is 87.5 Å². The molecule has 0 saturated carbocycles. The first-order valence-corrected chi connectivity index (χ1v) is 11.7. The van der Waals surface area contributed by atoms with Crippen molar-refractivity contribution in [2.45, 2.75) is 47.0 Å². The third-order valence-electron chi connectivity index (χ3n) is 6.42. The number of fused-ring (bicyclic) bond motifs is 2. The molecule has 0 bridgehead atoms. The van der Waals surface area contributed by atoms with Gasteiger partial charge in [0.05, 0.1) is 0 Å². The van der Waals surface area contributed by atoms with Crippen LogP contribution in [0.1, 0.15) is 43.0 Å². The van der Waals surface area contributed by atoms with Crippen LogP contribution in [-0.2, 0) is 5.41 Å². The van der Waals surface area contributed by atoms with E-state index < -0.39 is 0 Å². The van der Waals surface area contributed by atoms with Gasteiger partial charge >= 0.3 is 0 Å². The lowest BCUT2D eigenvalue weighted by atomic mass is 9.79. The van der Waals surface area contributed by atoms with Gasteiger partial charge in [0.15, 0.2) is 0 Å². The Morgan fingerprint density at radius 2 is 1.07 bits per heavy atom. The smallest absolute Gasteiger partial charge is 0.0263 e. The first-order chi connectivity index (χ1) is 13.6. The highest BCUT2D eigenvalue weighted by atomic mass is 79.9. The van der Waals surface area contributed by atoms with Gasteiger partial charge < -0.3 is 0 Å². The van der Waals surface area contributed by atoms with E-state index in [0.29, 0.717) is 0 Å². The molecule has 0 aliphatic carbocycles. The molecule has 5 aromatic carbocycles. The second-order valence-electron chi connectivity index (χ2n) is 9.44. The maximum atomic E-state index is 3.92. The lowest BCUT2D eigenvalue weighted by Crippen LogP contribution is -2.12. The van der Waals surface area contributed by atoms with Crippen LogP contribution >= 0.6 is 31.9 Å². The minimum absolute atomic E-state index is 0.0898. The molecule has 0 aromatic heterocycles. The number of hydrogen-bond acceptors (Lipinski definition) is 0. The zero-order valence-electron chi connectivity index (χ0n) is 17.7. The number of benzene rings is 5. The summed E-state index contributed by atoms with van der Waals surface area (Å²) in [4.78, 5) is 0. The van der Waals surface area contributed by atoms with Gasteiger partial charge in [0.25, 0.3) is 0 Å². The number of halogens is 2. The molecule has 0 nitrogen and oxygen atoms in total. The fourth-order valence-corrected chi connectivity index (χ4v) is 6.73. The first kappa shape index (κ1) is 19.3. The van der Waals surface area contributed by atoms with E-state index in [9.17, 15) is 0 Å². The van der Waals surface area contributed by atoms with Crippen LogP contribution < -0.4 is 0 Å². The topological polar surface area (TPSA) is 0 Å². The molecule has 5 aromatic rings. The summed E-state index contributed by atoms with van der Waals surface area (Å²) in [6.07, 6.45) is 0. The highest BCUT2D eigenvalue weighted by molar-refractivity contribution is 9.11. The van der Waals surface area contributed by atoms with Crippen LogP contribution in [0, 0.1) is 20.8 Å². The van der Waals surface area contributed by atoms with E-state index in [1.54, 1.807) is 0 Å². The molecule has 0 unspecified atom stereocenters. The summed E-state index contributed by atoms with van der Waals surface area (Å²) in [5.74, 6) is 0. The van der Waals surface area contributed by atoms with E-state index in [2.05, 4.69) is 110 Å². The maximum absolute atomic E-state index is 3.92. The molecule has 0 atom stereocenters. The quantitative estimate of drug-likeness (QED) is 0.144. The molecule has 146 valence electrons. The summed E-state index contributed by atoms with van der Waals surface area (Å²) in [7, 11) is 0. The fraction of sp³-hybridized carbons (Fsp3) is 0.259. The summed E-state index contributed by atoms with van der Waals surface area (Å²) in [6.45, 7) is 13.6. The first-order valence-electron chi connectivity index (χ1n) is 10.1. The third kappa shape index (κ3) is 2.55. The molecule has 0 saturated heterocycles. The summed E-state index contributed by atoms with van der Waals surface area (Å²) < 4.78 is 2.36. The van der Waals surface area contributed by atoms with Crippen LogP contribution in [-0.4, -0.2) is 0 Å². The van der Waals surface area contributed by atoms with Gasteiger partial charge in [-0.1, -0.05) is 76.9 Å². The van der Waals surface area contributed by atoms with Crippen LogP contribution in [0.25, 0.3) is 43.1 Å². The van der Waals surface area contributed by atoms with Crippen LogP contribution in [0.3, 0.4) is 0 Å². The van der Waals surface area contributed by atoms with E-state index in [1.807, 2.05) is 0 Å². The van der Waals surface area contributed by atoms with Gasteiger partial charge in [0.2, 0.25) is 0 Å². The molecule has 29 heavy (non-hydrogen) atoms. The minimum atomic E-state index is 0.0898. The normalized spacial score (nSPS) is 12.8. The third-order valence-corrected chi connectivity index (χ3v) is 7.67. The zero-order valence-corrected chi connectivity index (χ0v) is 20.9. The Morgan fingerprint density at radius 1 is 0.552 bits per heavy atom. The van der Waals surface area contributed by atoms with Crippen molar-refractivity contribution in [2.24, 2.45) is 0 Å². The Labute approximate surface area is 188 Å². The van der Waals surface area contributed by atoms with Gasteiger partial charge in [-0.2, -0.15) is 0 Å². The van der Waals surface area contributed by atoms with Crippen molar-refractivity contribution in [1.82, 2.24) is 0 Å². The van der Waals surface area contributed by atoms with Crippen molar-refractivity contribution < 1.29 is 0 Å². The van der Waals surface area contributed by atoms with Crippen molar-refractivity contribution >= 4 is 74.9 Å². The predicted octanol–water partition coefficient (Wildman–Crippen LogP) is 9.48. The van der Waals surface area contributed by atoms with Crippen molar-refractivity contribution in [3.63, 3.8) is 0 Å². The molecule has 0 N–H and O–H groups in total. The lowest BCUT2D eigenvalue weighted by Gasteiger charge is -2.26. The van der Waals surface area contributed by atoms with Crippen LogP contribution in [0.2, 0.25) is 0 Å². The number of rotatable bonds is 0. The summed E-state index contributed by atoms with van der Waals surface area (Å²) >= 11 is 7.85. The highest BCUT2D eigenvalue weighted by Crippen LogP contribution is 2.49. The maximum Gasteiger partial charge on any atom is 0.0263 e. The molecule has 0 spiro atoms. The Balaban J connectivity index is 2.24. The Bertz CT molecular complexity index is 1400. The van der Waals surface area contributed by atoms with E-state index >= 15 is 0 Å². The SMILES string of the molecule is Cc1ccc2c3c(Br)cc(C)c4c(C)cc(Br)c(c5ccc(C(C)(C)C)c1c25)c43. The average molecular weight is 508 g/mol. The summed E-state index contributed by atoms with van der Waals surface area (Å²) in [5, 5.41) is 10.9. The molecule has 0 amide bonds. The summed E-state index contributed by atoms with van der Waals surface area (Å²) in [5.41, 5.74) is 5.50. The van der Waals surface area contributed by atoms with Gasteiger partial charge in [-0.15, -0.1) is 0 Å². The summed E-state index contributed by atoms with van der Waals surface area (Å²) in [6, 6.07) is 13.9. The van der Waals surface area contributed by atoms with E-state index in [-0.39, 0.29) is 5.41 Å². The van der Waals surface area contributed by atoms with Crippen molar-refractivity contribution in [2.75, 3.05) is 0 Å². The van der Waals surface area contributed by atoms with Gasteiger partial charge in [0, 0.05) is 25.1 Å². The van der Waals surface area contributed by atoms with Crippen LogP contribution in [0.4, 0.5) is 0 Å². The van der Waals surface area contributed by atoms with Crippen LogP contribution in [0.5, 0.6) is 0 Å². The Kier molecular flexibility index (Phi) is 4.12. The van der Waals surface area contributed by atoms with Crippen LogP contribution in [0.15, 0.2) is 45.3 Å². The molecule has 5 rings (SSSR count). The largest absolute Gasteiger partial charge is 0.0581 e. The van der Waals surface area contributed by atoms with E-state index in [0.717, 1.165) is 0 Å². The van der Waals surface area contributed by atoms with E-state index in [1.165, 1.54) is 74.3 Å². The van der Waals surface area contributed by atoms with Crippen molar-refractivity contribution in [3.05, 3.63) is 67.6 Å². The second-order valence-corrected chi connectivity index (χ2v) is 11.1.